The zero-order valence-electron chi connectivity index (χ0n) is 18.3. The topological polar surface area (TPSA) is 93.4 Å². The van der Waals surface area contributed by atoms with E-state index in [1.807, 2.05) is 31.2 Å². The fourth-order valence-electron chi connectivity index (χ4n) is 3.49. The zero-order chi connectivity index (χ0) is 23.3. The van der Waals surface area contributed by atoms with Gasteiger partial charge in [-0.1, -0.05) is 23.7 Å². The highest BCUT2D eigenvalue weighted by Gasteiger charge is 2.19. The number of hydrogen-bond acceptors (Lipinski definition) is 5. The number of rotatable bonds is 8. The van der Waals surface area contributed by atoms with Crippen LogP contribution in [0.25, 0.3) is 11.4 Å². The molecule has 0 aliphatic rings. The van der Waals surface area contributed by atoms with E-state index >= 15 is 0 Å². The fourth-order valence-corrected chi connectivity index (χ4v) is 3.62. The molecule has 1 atom stereocenters. The summed E-state index contributed by atoms with van der Waals surface area (Å²) in [5, 5.41) is 12.8. The van der Waals surface area contributed by atoms with Crippen molar-refractivity contribution in [2.75, 3.05) is 13.7 Å². The summed E-state index contributed by atoms with van der Waals surface area (Å²) in [6, 6.07) is 14.0. The van der Waals surface area contributed by atoms with Crippen molar-refractivity contribution in [1.82, 2.24) is 14.9 Å². The summed E-state index contributed by atoms with van der Waals surface area (Å²) in [7, 11) is 1.58. The van der Waals surface area contributed by atoms with E-state index in [1.165, 1.54) is 4.57 Å². The van der Waals surface area contributed by atoms with Gasteiger partial charge in [-0.05, 0) is 55.8 Å². The van der Waals surface area contributed by atoms with Crippen molar-refractivity contribution in [2.24, 2.45) is 0 Å². The Morgan fingerprint density at radius 2 is 1.97 bits per heavy atom. The molecule has 0 saturated heterocycles. The minimum absolute atomic E-state index is 0.167. The number of aliphatic hydroxyl groups excluding tert-OH is 1. The third-order valence-corrected chi connectivity index (χ3v) is 5.46. The van der Waals surface area contributed by atoms with Crippen molar-refractivity contribution in [3.05, 3.63) is 80.7 Å². The molecule has 0 bridgehead atoms. The number of ether oxygens (including phenoxy) is 1. The second kappa shape index (κ2) is 10.4. The summed E-state index contributed by atoms with van der Waals surface area (Å²) in [5.41, 5.74) is 2.11. The van der Waals surface area contributed by atoms with Crippen LogP contribution >= 0.6 is 11.6 Å². The third-order valence-electron chi connectivity index (χ3n) is 5.21. The van der Waals surface area contributed by atoms with Crippen LogP contribution in [-0.4, -0.2) is 34.3 Å². The molecule has 1 aromatic heterocycles. The number of nitrogens with zero attached hydrogens (tertiary/aromatic N) is 2. The smallest absolute Gasteiger partial charge is 0.257 e. The van der Waals surface area contributed by atoms with E-state index < -0.39 is 0 Å². The van der Waals surface area contributed by atoms with Gasteiger partial charge in [0.1, 0.15) is 18.1 Å². The predicted octanol–water partition coefficient (Wildman–Crippen LogP) is 3.29. The number of carbonyl (C=O) groups is 1. The Kier molecular flexibility index (Phi) is 7.66. The van der Waals surface area contributed by atoms with Crippen LogP contribution in [-0.2, 0) is 17.8 Å². The van der Waals surface area contributed by atoms with Crippen LogP contribution in [0.4, 0.5) is 0 Å². The first-order chi connectivity index (χ1) is 15.3. The maximum Gasteiger partial charge on any atom is 0.257 e. The van der Waals surface area contributed by atoms with E-state index in [4.69, 9.17) is 16.3 Å². The van der Waals surface area contributed by atoms with Gasteiger partial charge in [0.05, 0.1) is 13.2 Å². The fraction of sp³-hybridized carbons (Fsp3) is 0.292. The van der Waals surface area contributed by atoms with Gasteiger partial charge in [0.15, 0.2) is 0 Å². The predicted molar refractivity (Wildman–Crippen MR) is 124 cm³/mol. The van der Waals surface area contributed by atoms with Gasteiger partial charge in [0.25, 0.3) is 5.56 Å². The molecule has 0 aliphatic carbocycles. The highest BCUT2D eigenvalue weighted by molar-refractivity contribution is 6.30. The van der Waals surface area contributed by atoms with E-state index in [9.17, 15) is 14.7 Å². The highest BCUT2D eigenvalue weighted by Crippen LogP contribution is 2.21. The second-order valence-corrected chi connectivity index (χ2v) is 7.87. The number of methoxy groups -OCH3 is 1. The number of amides is 1. The van der Waals surface area contributed by atoms with Gasteiger partial charge in [-0.25, -0.2) is 4.98 Å². The Labute approximate surface area is 191 Å². The monoisotopic (exact) mass is 455 g/mol. The molecule has 8 heteroatoms. The molecule has 168 valence electrons. The van der Waals surface area contributed by atoms with Crippen LogP contribution in [0.1, 0.15) is 29.8 Å². The standard InChI is InChI=1S/C24H26ClN3O4/c1-15(18-5-4-6-20(13-18)32-3)26-22(30)14-28-23(17-7-9-19(25)10-8-17)27-16(2)21(11-12-29)24(28)31/h4-10,13,15,29H,11-12,14H2,1-3H3,(H,26,30). The van der Waals surface area contributed by atoms with E-state index in [2.05, 4.69) is 10.3 Å². The molecule has 3 rings (SSSR count). The molecular weight excluding hydrogens is 430 g/mol. The average Bonchev–Trinajstić information content (AvgIpc) is 2.79. The van der Waals surface area contributed by atoms with E-state index in [0.29, 0.717) is 33.4 Å². The first-order valence-electron chi connectivity index (χ1n) is 10.2. The van der Waals surface area contributed by atoms with Gasteiger partial charge in [0.2, 0.25) is 5.91 Å². The Bertz CT molecular complexity index is 1160. The van der Waals surface area contributed by atoms with Gasteiger partial charge in [-0.2, -0.15) is 0 Å². The van der Waals surface area contributed by atoms with Crippen LogP contribution in [0.5, 0.6) is 5.75 Å². The summed E-state index contributed by atoms with van der Waals surface area (Å²) in [4.78, 5) is 30.7. The average molecular weight is 456 g/mol. The summed E-state index contributed by atoms with van der Waals surface area (Å²) < 4.78 is 6.59. The van der Waals surface area contributed by atoms with E-state index in [0.717, 1.165) is 5.56 Å². The van der Waals surface area contributed by atoms with Crippen LogP contribution in [0.3, 0.4) is 0 Å². The SMILES string of the molecule is COc1cccc(C(C)NC(=O)Cn2c(-c3ccc(Cl)cc3)nc(C)c(CCO)c2=O)c1. The normalized spacial score (nSPS) is 11.8. The summed E-state index contributed by atoms with van der Waals surface area (Å²) in [6.07, 6.45) is 0.167. The lowest BCUT2D eigenvalue weighted by molar-refractivity contribution is -0.122. The Balaban J connectivity index is 1.94. The number of hydrogen-bond donors (Lipinski definition) is 2. The van der Waals surface area contributed by atoms with Crippen molar-refractivity contribution < 1.29 is 14.6 Å². The highest BCUT2D eigenvalue weighted by atomic mass is 35.5. The van der Waals surface area contributed by atoms with Crippen LogP contribution < -0.4 is 15.6 Å². The Morgan fingerprint density at radius 1 is 1.25 bits per heavy atom. The Morgan fingerprint density at radius 3 is 2.62 bits per heavy atom. The molecule has 0 spiro atoms. The first kappa shape index (κ1) is 23.5. The summed E-state index contributed by atoms with van der Waals surface area (Å²) in [5.74, 6) is 0.731. The summed E-state index contributed by atoms with van der Waals surface area (Å²) >= 11 is 6.00. The number of aryl methyl sites for hydroxylation is 1. The number of halogens is 1. The molecule has 1 amide bonds. The van der Waals surface area contributed by atoms with E-state index in [-0.39, 0.29) is 37.1 Å². The van der Waals surface area contributed by atoms with E-state index in [1.54, 1.807) is 38.3 Å². The number of aliphatic hydroxyl groups is 1. The summed E-state index contributed by atoms with van der Waals surface area (Å²) in [6.45, 7) is 3.19. The molecule has 0 fully saturated rings. The molecule has 7 nitrogen and oxygen atoms in total. The zero-order valence-corrected chi connectivity index (χ0v) is 19.0. The number of nitrogens with one attached hydrogen (secondary N) is 1. The third kappa shape index (κ3) is 5.36. The van der Waals surface area contributed by atoms with Gasteiger partial charge in [-0.15, -0.1) is 0 Å². The lowest BCUT2D eigenvalue weighted by Gasteiger charge is -2.18. The van der Waals surface area contributed by atoms with Crippen molar-refractivity contribution in [2.45, 2.75) is 32.9 Å². The maximum absolute atomic E-state index is 13.2. The quantitative estimate of drug-likeness (QED) is 0.543. The molecule has 0 radical (unpaired) electrons. The molecule has 1 heterocycles. The van der Waals surface area contributed by atoms with Crippen molar-refractivity contribution >= 4 is 17.5 Å². The van der Waals surface area contributed by atoms with Gasteiger partial charge in [0, 0.05) is 34.9 Å². The van der Waals surface area contributed by atoms with Crippen molar-refractivity contribution in [1.29, 1.82) is 0 Å². The lowest BCUT2D eigenvalue weighted by atomic mass is 10.1. The van der Waals surface area contributed by atoms with Gasteiger partial charge in [-0.3, -0.25) is 14.2 Å². The van der Waals surface area contributed by atoms with Crippen LogP contribution in [0.2, 0.25) is 5.02 Å². The first-order valence-corrected chi connectivity index (χ1v) is 10.6. The lowest BCUT2D eigenvalue weighted by Crippen LogP contribution is -2.36. The van der Waals surface area contributed by atoms with Crippen molar-refractivity contribution in [3.63, 3.8) is 0 Å². The molecule has 0 saturated carbocycles. The second-order valence-electron chi connectivity index (χ2n) is 7.44. The molecule has 2 aromatic carbocycles. The number of aromatic nitrogens is 2. The maximum atomic E-state index is 13.2. The molecule has 3 aromatic rings. The van der Waals surface area contributed by atoms with Crippen molar-refractivity contribution in [3.8, 4) is 17.1 Å². The Hall–Kier alpha value is -3.16. The number of benzene rings is 2. The van der Waals surface area contributed by atoms with Crippen LogP contribution in [0, 0.1) is 6.92 Å². The van der Waals surface area contributed by atoms with Crippen LogP contribution in [0.15, 0.2) is 53.3 Å². The minimum Gasteiger partial charge on any atom is -0.497 e. The molecule has 1 unspecified atom stereocenters. The molecule has 2 N–H and O–H groups in total. The molecular formula is C24H26ClN3O4. The molecule has 0 aliphatic heterocycles. The van der Waals surface area contributed by atoms with Gasteiger partial charge < -0.3 is 15.2 Å². The van der Waals surface area contributed by atoms with Gasteiger partial charge >= 0.3 is 0 Å². The largest absolute Gasteiger partial charge is 0.497 e. The molecule has 32 heavy (non-hydrogen) atoms. The minimum atomic E-state index is -0.347. The number of carbonyl (C=O) groups excluding carboxylic acids is 1.